The third-order valence-corrected chi connectivity index (χ3v) is 2.07. The summed E-state index contributed by atoms with van der Waals surface area (Å²) in [4.78, 5) is 0. The molecule has 0 heterocycles. The van der Waals surface area contributed by atoms with Crippen molar-refractivity contribution in [1.82, 2.24) is 0 Å². The smallest absolute Gasteiger partial charge is 0.392 e. The van der Waals surface area contributed by atoms with Gasteiger partial charge in [-0.3, -0.25) is 0 Å². The molecule has 1 aromatic carbocycles. The van der Waals surface area contributed by atoms with Gasteiger partial charge in [0.15, 0.2) is 0 Å². The second-order valence-electron chi connectivity index (χ2n) is 3.57. The van der Waals surface area contributed by atoms with Crippen LogP contribution in [-0.2, 0) is 0 Å². The van der Waals surface area contributed by atoms with E-state index in [2.05, 4.69) is 0 Å². The summed E-state index contributed by atoms with van der Waals surface area (Å²) in [6.45, 7) is 0.820. The molecule has 1 aromatic rings. The van der Waals surface area contributed by atoms with Gasteiger partial charge in [-0.2, -0.15) is 13.2 Å². The number of ether oxygens (including phenoxy) is 1. The van der Waals surface area contributed by atoms with Gasteiger partial charge in [-0.15, -0.1) is 0 Å². The summed E-state index contributed by atoms with van der Waals surface area (Å²) in [5.74, 6) is -0.519. The molecular formula is C11H12F4O2. The van der Waals surface area contributed by atoms with Crippen molar-refractivity contribution < 1.29 is 27.4 Å². The number of halogens is 4. The van der Waals surface area contributed by atoms with Crippen LogP contribution in [0, 0.1) is 5.82 Å². The van der Waals surface area contributed by atoms with Crippen LogP contribution < -0.4 is 4.74 Å². The van der Waals surface area contributed by atoms with Gasteiger partial charge in [0.05, 0.1) is 19.1 Å². The van der Waals surface area contributed by atoms with Crippen molar-refractivity contribution in [3.8, 4) is 5.75 Å². The number of benzene rings is 1. The van der Waals surface area contributed by atoms with E-state index in [1.165, 1.54) is 13.0 Å². The van der Waals surface area contributed by atoms with Crippen LogP contribution in [0.15, 0.2) is 18.2 Å². The summed E-state index contributed by atoms with van der Waals surface area (Å²) in [6, 6.07) is 3.30. The highest BCUT2D eigenvalue weighted by Gasteiger charge is 2.27. The standard InChI is InChI=1S/C11H12F4O2/c1-7(16)9-6-8(12)2-3-10(9)17-5-4-11(13,14)15/h2-3,6-7,16H,4-5H2,1H3/t7-/m0/s1. The Hall–Kier alpha value is -1.30. The minimum atomic E-state index is -4.30. The molecule has 0 spiro atoms. The van der Waals surface area contributed by atoms with Gasteiger partial charge in [0, 0.05) is 5.56 Å². The van der Waals surface area contributed by atoms with Crippen molar-refractivity contribution in [2.75, 3.05) is 6.61 Å². The molecule has 0 fully saturated rings. The Morgan fingerprint density at radius 1 is 1.35 bits per heavy atom. The third kappa shape index (κ3) is 4.60. The normalized spacial score (nSPS) is 13.5. The Bertz CT molecular complexity index is 374. The number of aliphatic hydroxyl groups excluding tert-OH is 1. The number of rotatable bonds is 4. The van der Waals surface area contributed by atoms with Gasteiger partial charge in [0.1, 0.15) is 11.6 Å². The van der Waals surface area contributed by atoms with Crippen LogP contribution in [-0.4, -0.2) is 17.9 Å². The van der Waals surface area contributed by atoms with Crippen molar-refractivity contribution in [3.63, 3.8) is 0 Å². The Kier molecular flexibility index (Phi) is 4.34. The highest BCUT2D eigenvalue weighted by molar-refractivity contribution is 5.35. The molecule has 1 N–H and O–H groups in total. The van der Waals surface area contributed by atoms with E-state index in [4.69, 9.17) is 4.74 Å². The predicted octanol–water partition coefficient (Wildman–Crippen LogP) is 3.21. The first kappa shape index (κ1) is 13.8. The monoisotopic (exact) mass is 252 g/mol. The third-order valence-electron chi connectivity index (χ3n) is 2.07. The molecular weight excluding hydrogens is 240 g/mol. The second-order valence-corrected chi connectivity index (χ2v) is 3.57. The van der Waals surface area contributed by atoms with E-state index in [1.807, 2.05) is 0 Å². The van der Waals surface area contributed by atoms with E-state index in [0.717, 1.165) is 12.1 Å². The van der Waals surface area contributed by atoms with Gasteiger partial charge < -0.3 is 9.84 Å². The van der Waals surface area contributed by atoms with E-state index >= 15 is 0 Å². The minimum Gasteiger partial charge on any atom is -0.493 e. The van der Waals surface area contributed by atoms with Gasteiger partial charge >= 0.3 is 6.18 Å². The van der Waals surface area contributed by atoms with Crippen LogP contribution in [0.2, 0.25) is 0 Å². The summed E-state index contributed by atoms with van der Waals surface area (Å²) in [7, 11) is 0. The Morgan fingerprint density at radius 2 is 2.00 bits per heavy atom. The molecule has 0 unspecified atom stereocenters. The fraction of sp³-hybridized carbons (Fsp3) is 0.455. The molecule has 0 aliphatic rings. The lowest BCUT2D eigenvalue weighted by Gasteiger charge is -2.14. The maximum Gasteiger partial charge on any atom is 0.392 e. The van der Waals surface area contributed by atoms with Crippen LogP contribution in [0.25, 0.3) is 0 Å². The molecule has 2 nitrogen and oxygen atoms in total. The van der Waals surface area contributed by atoms with Crippen LogP contribution in [0.5, 0.6) is 5.75 Å². The molecule has 0 aliphatic heterocycles. The summed E-state index contributed by atoms with van der Waals surface area (Å²) >= 11 is 0. The quantitative estimate of drug-likeness (QED) is 0.834. The van der Waals surface area contributed by atoms with E-state index in [-0.39, 0.29) is 11.3 Å². The lowest BCUT2D eigenvalue weighted by atomic mass is 10.1. The molecule has 0 saturated carbocycles. The average Bonchev–Trinajstić information content (AvgIpc) is 2.18. The minimum absolute atomic E-state index is 0.0608. The van der Waals surface area contributed by atoms with Crippen LogP contribution in [0.1, 0.15) is 25.0 Å². The van der Waals surface area contributed by atoms with Crippen molar-refractivity contribution >= 4 is 0 Å². The molecule has 17 heavy (non-hydrogen) atoms. The average molecular weight is 252 g/mol. The zero-order valence-electron chi connectivity index (χ0n) is 9.09. The fourth-order valence-electron chi connectivity index (χ4n) is 1.25. The summed E-state index contributed by atoms with van der Waals surface area (Å²) in [5.41, 5.74) is 0.132. The van der Waals surface area contributed by atoms with Gasteiger partial charge in [0.2, 0.25) is 0 Å². The highest BCUT2D eigenvalue weighted by atomic mass is 19.4. The molecule has 0 amide bonds. The lowest BCUT2D eigenvalue weighted by Crippen LogP contribution is -2.13. The molecule has 6 heteroatoms. The van der Waals surface area contributed by atoms with E-state index < -0.39 is 31.1 Å². The number of hydrogen-bond donors (Lipinski definition) is 1. The van der Waals surface area contributed by atoms with Gasteiger partial charge in [0.25, 0.3) is 0 Å². The predicted molar refractivity (Wildman–Crippen MR) is 53.2 cm³/mol. The zero-order valence-corrected chi connectivity index (χ0v) is 9.09. The first-order chi connectivity index (χ1) is 7.79. The molecule has 0 aliphatic carbocycles. The van der Waals surface area contributed by atoms with E-state index in [1.54, 1.807) is 0 Å². The van der Waals surface area contributed by atoms with Crippen LogP contribution >= 0.6 is 0 Å². The first-order valence-corrected chi connectivity index (χ1v) is 4.96. The Morgan fingerprint density at radius 3 is 2.53 bits per heavy atom. The van der Waals surface area contributed by atoms with Crippen LogP contribution in [0.3, 0.4) is 0 Å². The summed E-state index contributed by atoms with van der Waals surface area (Å²) < 4.78 is 53.4. The number of aliphatic hydroxyl groups is 1. The Labute approximate surface area is 95.8 Å². The Balaban J connectivity index is 2.70. The fourth-order valence-corrected chi connectivity index (χ4v) is 1.25. The van der Waals surface area contributed by atoms with Gasteiger partial charge in [-0.1, -0.05) is 0 Å². The topological polar surface area (TPSA) is 29.5 Å². The summed E-state index contributed by atoms with van der Waals surface area (Å²) in [5, 5.41) is 9.32. The molecule has 0 radical (unpaired) electrons. The van der Waals surface area contributed by atoms with Crippen LogP contribution in [0.4, 0.5) is 17.6 Å². The maximum atomic E-state index is 12.9. The zero-order chi connectivity index (χ0) is 13.1. The van der Waals surface area contributed by atoms with Crippen molar-refractivity contribution in [2.24, 2.45) is 0 Å². The number of hydrogen-bond acceptors (Lipinski definition) is 2. The van der Waals surface area contributed by atoms with Crippen molar-refractivity contribution in [1.29, 1.82) is 0 Å². The lowest BCUT2D eigenvalue weighted by molar-refractivity contribution is -0.139. The molecule has 0 bridgehead atoms. The first-order valence-electron chi connectivity index (χ1n) is 4.96. The van der Waals surface area contributed by atoms with Crippen molar-refractivity contribution in [3.05, 3.63) is 29.6 Å². The largest absolute Gasteiger partial charge is 0.493 e. The molecule has 1 atom stereocenters. The van der Waals surface area contributed by atoms with Gasteiger partial charge in [-0.25, -0.2) is 4.39 Å². The van der Waals surface area contributed by atoms with E-state index in [9.17, 15) is 22.7 Å². The van der Waals surface area contributed by atoms with E-state index in [0.29, 0.717) is 0 Å². The second kappa shape index (κ2) is 5.35. The van der Waals surface area contributed by atoms with Crippen molar-refractivity contribution in [2.45, 2.75) is 25.6 Å². The highest BCUT2D eigenvalue weighted by Crippen LogP contribution is 2.27. The molecule has 0 saturated heterocycles. The summed E-state index contributed by atoms with van der Waals surface area (Å²) in [6.07, 6.45) is -6.40. The molecule has 96 valence electrons. The number of alkyl halides is 3. The maximum absolute atomic E-state index is 12.9. The van der Waals surface area contributed by atoms with Gasteiger partial charge in [-0.05, 0) is 25.1 Å². The SMILES string of the molecule is C[C@H](O)c1cc(F)ccc1OCCC(F)(F)F. The molecule has 0 aromatic heterocycles. The molecule has 1 rings (SSSR count).